The summed E-state index contributed by atoms with van der Waals surface area (Å²) in [6.07, 6.45) is 5.12. The molecule has 5 rings (SSSR count). The molecule has 1 fully saturated rings. The fourth-order valence-electron chi connectivity index (χ4n) is 5.06. The van der Waals surface area contributed by atoms with Crippen LogP contribution in [0.25, 0.3) is 11.1 Å². The lowest BCUT2D eigenvalue weighted by Gasteiger charge is -2.54. The number of carbonyl (C=O) groups excluding carboxylic acids is 1. The molecule has 1 N–H and O–H groups in total. The van der Waals surface area contributed by atoms with Gasteiger partial charge in [-0.2, -0.15) is 4.31 Å². The molecule has 0 saturated carbocycles. The monoisotopic (exact) mass is 600 g/mol. The van der Waals surface area contributed by atoms with Gasteiger partial charge in [-0.25, -0.2) is 8.42 Å². The predicted octanol–water partition coefficient (Wildman–Crippen LogP) is 5.26. The number of amides is 1. The first kappa shape index (κ1) is 28.4. The third kappa shape index (κ3) is 5.28. The zero-order chi connectivity index (χ0) is 28.8. The number of benzene rings is 2. The largest absolute Gasteiger partial charge is 0.366 e. The van der Waals surface area contributed by atoms with Crippen LogP contribution in [0.3, 0.4) is 0 Å². The van der Waals surface area contributed by atoms with Crippen molar-refractivity contribution < 1.29 is 13.2 Å². The Morgan fingerprint density at radius 3 is 2.45 bits per heavy atom. The molecule has 1 saturated heterocycles. The number of halogens is 2. The maximum atomic E-state index is 13.7. The molecule has 210 valence electrons. The van der Waals surface area contributed by atoms with E-state index >= 15 is 0 Å². The van der Waals surface area contributed by atoms with Crippen molar-refractivity contribution in [2.24, 2.45) is 5.41 Å². The summed E-state index contributed by atoms with van der Waals surface area (Å²) in [5.74, 6) is -0.138. The predicted molar refractivity (Wildman–Crippen MR) is 155 cm³/mol. The molecule has 1 amide bonds. The van der Waals surface area contributed by atoms with Crippen molar-refractivity contribution in [3.63, 3.8) is 0 Å². The molecular weight excluding hydrogens is 571 g/mol. The fraction of sp³-hybridized carbons (Fsp3) is 0.321. The fourth-order valence-corrected chi connectivity index (χ4v) is 6.80. The van der Waals surface area contributed by atoms with Crippen molar-refractivity contribution in [1.29, 1.82) is 0 Å². The van der Waals surface area contributed by atoms with Crippen LogP contribution in [0.5, 0.6) is 0 Å². The number of nitrogens with zero attached hydrogens (tertiary/aromatic N) is 5. The molecule has 12 heteroatoms. The first-order valence-electron chi connectivity index (χ1n) is 12.7. The quantitative estimate of drug-likeness (QED) is 0.297. The third-order valence-corrected chi connectivity index (χ3v) is 9.83. The first-order valence-corrected chi connectivity index (χ1v) is 14.9. The van der Waals surface area contributed by atoms with Crippen LogP contribution in [-0.4, -0.2) is 63.1 Å². The van der Waals surface area contributed by atoms with Gasteiger partial charge in [0.15, 0.2) is 0 Å². The van der Waals surface area contributed by atoms with E-state index in [0.29, 0.717) is 45.5 Å². The van der Waals surface area contributed by atoms with Crippen LogP contribution in [0, 0.1) is 12.3 Å². The number of rotatable bonds is 8. The van der Waals surface area contributed by atoms with E-state index in [9.17, 15) is 13.2 Å². The minimum absolute atomic E-state index is 0.0677. The molecule has 1 aliphatic rings. The van der Waals surface area contributed by atoms with Crippen molar-refractivity contribution in [1.82, 2.24) is 29.2 Å². The SMILES string of the molecule is Cc1ccc(S(=O)(=O)N(C)Cc2cn(CC3N(C(=O)c4c[nH]cc4-c4c(Cl)cccc4Cl)CC3(C)C)nn2)cc1. The standard InChI is InChI=1S/C28H30Cl2N6O3S/c1-18-8-10-20(11-9-18)40(38,39)34(4)14-19-15-35(33-32-19)16-25-28(2,3)17-36(25)27(37)22-13-31-12-21(22)26-23(29)6-5-7-24(26)30/h5-13,15,25,31H,14,16-17H2,1-4H3. The summed E-state index contributed by atoms with van der Waals surface area (Å²) in [7, 11) is -2.16. The minimum Gasteiger partial charge on any atom is -0.366 e. The first-order chi connectivity index (χ1) is 18.9. The van der Waals surface area contributed by atoms with Gasteiger partial charge < -0.3 is 9.88 Å². The number of hydrogen-bond acceptors (Lipinski definition) is 5. The summed E-state index contributed by atoms with van der Waals surface area (Å²) >= 11 is 12.9. The van der Waals surface area contributed by atoms with Crippen LogP contribution < -0.4 is 0 Å². The van der Waals surface area contributed by atoms with Crippen molar-refractivity contribution in [3.05, 3.63) is 87.9 Å². The van der Waals surface area contributed by atoms with E-state index in [2.05, 4.69) is 29.1 Å². The second kappa shape index (κ2) is 10.7. The number of H-pyrrole nitrogens is 1. The van der Waals surface area contributed by atoms with E-state index in [1.807, 2.05) is 11.8 Å². The molecule has 1 aliphatic heterocycles. The summed E-state index contributed by atoms with van der Waals surface area (Å²) in [6.45, 7) is 7.15. The third-order valence-electron chi connectivity index (χ3n) is 7.38. The normalized spacial score (nSPS) is 16.8. The Morgan fingerprint density at radius 2 is 1.80 bits per heavy atom. The molecule has 4 aromatic rings. The summed E-state index contributed by atoms with van der Waals surface area (Å²) < 4.78 is 28.9. The molecule has 3 heterocycles. The molecule has 40 heavy (non-hydrogen) atoms. The second-order valence-corrected chi connectivity index (χ2v) is 13.7. The zero-order valence-corrected chi connectivity index (χ0v) is 24.9. The molecule has 2 aromatic carbocycles. The Morgan fingerprint density at radius 1 is 1.12 bits per heavy atom. The minimum atomic E-state index is -3.68. The van der Waals surface area contributed by atoms with E-state index in [-0.39, 0.29) is 28.8 Å². The summed E-state index contributed by atoms with van der Waals surface area (Å²) in [4.78, 5) is 18.8. The van der Waals surface area contributed by atoms with E-state index in [1.54, 1.807) is 65.7 Å². The van der Waals surface area contributed by atoms with Gasteiger partial charge in [0.2, 0.25) is 10.0 Å². The van der Waals surface area contributed by atoms with Gasteiger partial charge in [0, 0.05) is 58.8 Å². The molecule has 1 unspecified atom stereocenters. The summed E-state index contributed by atoms with van der Waals surface area (Å²) in [6, 6.07) is 11.8. The molecule has 0 radical (unpaired) electrons. The van der Waals surface area contributed by atoms with Crippen LogP contribution in [0.1, 0.15) is 35.5 Å². The molecule has 2 aromatic heterocycles. The highest BCUT2D eigenvalue weighted by atomic mass is 35.5. The molecule has 0 bridgehead atoms. The van der Waals surface area contributed by atoms with Gasteiger partial charge in [-0.15, -0.1) is 5.10 Å². The summed E-state index contributed by atoms with van der Waals surface area (Å²) in [5.41, 5.74) is 3.07. The summed E-state index contributed by atoms with van der Waals surface area (Å²) in [5, 5.41) is 9.36. The van der Waals surface area contributed by atoms with Crippen LogP contribution in [0.15, 0.2) is 66.0 Å². The average Bonchev–Trinajstić information content (AvgIpc) is 3.56. The van der Waals surface area contributed by atoms with Crippen LogP contribution >= 0.6 is 23.2 Å². The lowest BCUT2D eigenvalue weighted by molar-refractivity contribution is -0.0394. The maximum absolute atomic E-state index is 13.7. The van der Waals surface area contributed by atoms with Crippen LogP contribution in [-0.2, 0) is 23.1 Å². The Hall–Kier alpha value is -3.18. The number of aryl methyl sites for hydroxylation is 1. The molecule has 0 aliphatic carbocycles. The van der Waals surface area contributed by atoms with E-state index in [1.165, 1.54) is 11.4 Å². The van der Waals surface area contributed by atoms with Crippen LogP contribution in [0.2, 0.25) is 10.0 Å². The Labute approximate surface area is 243 Å². The second-order valence-electron chi connectivity index (χ2n) is 10.8. The smallest absolute Gasteiger partial charge is 0.256 e. The number of aromatic nitrogens is 4. The molecule has 0 spiro atoms. The molecule has 1 atom stereocenters. The van der Waals surface area contributed by atoms with Gasteiger partial charge in [0.05, 0.1) is 35.3 Å². The Kier molecular flexibility index (Phi) is 7.56. The number of hydrogen-bond donors (Lipinski definition) is 1. The number of aromatic amines is 1. The van der Waals surface area contributed by atoms with Gasteiger partial charge in [0.1, 0.15) is 0 Å². The average molecular weight is 602 g/mol. The van der Waals surface area contributed by atoms with Crippen LogP contribution in [0.4, 0.5) is 0 Å². The van der Waals surface area contributed by atoms with Gasteiger partial charge in [0.25, 0.3) is 5.91 Å². The zero-order valence-electron chi connectivity index (χ0n) is 22.6. The van der Waals surface area contributed by atoms with Crippen molar-refractivity contribution in [3.8, 4) is 11.1 Å². The number of carbonyl (C=O) groups is 1. The molecule has 9 nitrogen and oxygen atoms in total. The van der Waals surface area contributed by atoms with Crippen molar-refractivity contribution >= 4 is 39.1 Å². The topological polar surface area (TPSA) is 104 Å². The highest BCUT2D eigenvalue weighted by Gasteiger charge is 2.49. The van der Waals surface area contributed by atoms with E-state index in [4.69, 9.17) is 23.2 Å². The van der Waals surface area contributed by atoms with Gasteiger partial charge >= 0.3 is 0 Å². The number of nitrogens with one attached hydrogen (secondary N) is 1. The van der Waals surface area contributed by atoms with Gasteiger partial charge in [-0.3, -0.25) is 9.48 Å². The number of sulfonamides is 1. The maximum Gasteiger partial charge on any atom is 0.256 e. The number of likely N-dealkylation sites (tertiary alicyclic amines) is 1. The molecular formula is C28H30Cl2N6O3S. The van der Waals surface area contributed by atoms with Crippen molar-refractivity contribution in [2.75, 3.05) is 13.6 Å². The lowest BCUT2D eigenvalue weighted by atomic mass is 9.74. The van der Waals surface area contributed by atoms with Gasteiger partial charge in [-0.1, -0.05) is 66.0 Å². The van der Waals surface area contributed by atoms with E-state index < -0.39 is 10.0 Å². The van der Waals surface area contributed by atoms with Crippen molar-refractivity contribution in [2.45, 2.75) is 44.8 Å². The Bertz CT molecular complexity index is 1640. The Balaban J connectivity index is 1.31. The van der Waals surface area contributed by atoms with Gasteiger partial charge in [-0.05, 0) is 31.2 Å². The highest BCUT2D eigenvalue weighted by Crippen LogP contribution is 2.41. The lowest BCUT2D eigenvalue weighted by Crippen LogP contribution is -2.65. The van der Waals surface area contributed by atoms with E-state index in [0.717, 1.165) is 5.56 Å². The highest BCUT2D eigenvalue weighted by molar-refractivity contribution is 7.89.